The van der Waals surface area contributed by atoms with Crippen LogP contribution >= 0.6 is 0 Å². The summed E-state index contributed by atoms with van der Waals surface area (Å²) in [7, 11) is 1.69. The van der Waals surface area contributed by atoms with Crippen LogP contribution in [0.25, 0.3) is 10.9 Å². The fourth-order valence-electron chi connectivity index (χ4n) is 3.68. The molecule has 0 amide bonds. The zero-order valence-corrected chi connectivity index (χ0v) is 18.8. The first-order valence-electron chi connectivity index (χ1n) is 9.90. The normalized spacial score (nSPS) is 19.3. The van der Waals surface area contributed by atoms with Crippen molar-refractivity contribution in [3.63, 3.8) is 0 Å². The second-order valence-electron chi connectivity index (χ2n) is 9.08. The Hall–Kier alpha value is -1.48. The molecule has 1 fully saturated rings. The van der Waals surface area contributed by atoms with Crippen LogP contribution in [0, 0.1) is 5.82 Å². The topological polar surface area (TPSA) is 79.2 Å². The molecule has 0 aliphatic carbocycles. The van der Waals surface area contributed by atoms with Gasteiger partial charge in [0, 0.05) is 42.6 Å². The van der Waals surface area contributed by atoms with Crippen LogP contribution in [0.1, 0.15) is 64.9 Å². The molecular formula is C21H30FN3O3S. The molecule has 6 nitrogen and oxygen atoms in total. The molecule has 8 heteroatoms. The van der Waals surface area contributed by atoms with E-state index in [0.29, 0.717) is 30.1 Å². The van der Waals surface area contributed by atoms with E-state index in [4.69, 9.17) is 9.72 Å². The predicted molar refractivity (Wildman–Crippen MR) is 114 cm³/mol. The second-order valence-corrected chi connectivity index (χ2v) is 11.1. The first-order chi connectivity index (χ1) is 13.4. The van der Waals surface area contributed by atoms with Crippen LogP contribution in [0.2, 0.25) is 0 Å². The molecule has 0 saturated carbocycles. The highest BCUT2D eigenvalue weighted by Gasteiger charge is 2.35. The second kappa shape index (κ2) is 7.98. The van der Waals surface area contributed by atoms with E-state index in [9.17, 15) is 13.7 Å². The monoisotopic (exact) mass is 423 g/mol. The quantitative estimate of drug-likeness (QED) is 0.764. The average molecular weight is 424 g/mol. The Morgan fingerprint density at radius 2 is 1.97 bits per heavy atom. The average Bonchev–Trinajstić information content (AvgIpc) is 2.64. The fourth-order valence-corrected chi connectivity index (χ4v) is 4.48. The third-order valence-corrected chi connectivity index (χ3v) is 7.30. The Labute approximate surface area is 174 Å². The molecule has 2 heterocycles. The van der Waals surface area contributed by atoms with Gasteiger partial charge in [-0.15, -0.1) is 4.72 Å². The van der Waals surface area contributed by atoms with Crippen LogP contribution in [-0.4, -0.2) is 32.1 Å². The summed E-state index contributed by atoms with van der Waals surface area (Å²) in [6.07, 6.45) is 1.52. The Morgan fingerprint density at radius 1 is 1.34 bits per heavy atom. The third-order valence-electron chi connectivity index (χ3n) is 5.62. The molecule has 1 N–H and O–H groups in total. The number of fused-ring (bicyclic) bond motifs is 1. The zero-order valence-electron chi connectivity index (χ0n) is 18.0. The number of aromatic nitrogens is 2. The van der Waals surface area contributed by atoms with Crippen molar-refractivity contribution in [3.8, 4) is 0 Å². The molecule has 0 spiro atoms. The molecule has 1 saturated heterocycles. The fraction of sp³-hybridized carbons (Fsp3) is 0.619. The molecular weight excluding hydrogens is 393 g/mol. The van der Waals surface area contributed by atoms with Crippen molar-refractivity contribution < 1.29 is 13.7 Å². The van der Waals surface area contributed by atoms with Gasteiger partial charge in [0.25, 0.3) is 5.56 Å². The minimum Gasteiger partial charge on any atom is -0.598 e. The SMILES string of the molecule is C[C@@H](N[S+]([O-])C(C)(C)C)c1cc(F)cc2c(=O)n(C)c(C3(C)CCOCC3)nc12. The van der Waals surface area contributed by atoms with E-state index >= 15 is 0 Å². The molecule has 0 radical (unpaired) electrons. The Bertz CT molecular complexity index is 964. The van der Waals surface area contributed by atoms with E-state index in [-0.39, 0.29) is 16.4 Å². The van der Waals surface area contributed by atoms with Crippen LogP contribution < -0.4 is 10.3 Å². The minimum absolute atomic E-state index is 0.233. The number of benzene rings is 1. The maximum absolute atomic E-state index is 14.4. The van der Waals surface area contributed by atoms with E-state index in [1.54, 1.807) is 7.05 Å². The lowest BCUT2D eigenvalue weighted by atomic mass is 9.81. The van der Waals surface area contributed by atoms with Crippen molar-refractivity contribution in [1.82, 2.24) is 14.3 Å². The van der Waals surface area contributed by atoms with E-state index in [1.807, 2.05) is 27.7 Å². The minimum atomic E-state index is -1.35. The lowest BCUT2D eigenvalue weighted by Crippen LogP contribution is -2.41. The smallest absolute Gasteiger partial charge is 0.261 e. The van der Waals surface area contributed by atoms with Gasteiger partial charge in [-0.05, 0) is 52.7 Å². The number of hydrogen-bond acceptors (Lipinski definition) is 5. The molecule has 160 valence electrons. The van der Waals surface area contributed by atoms with Gasteiger partial charge in [0.05, 0.1) is 16.9 Å². The first-order valence-corrected chi connectivity index (χ1v) is 11.1. The van der Waals surface area contributed by atoms with Gasteiger partial charge in [0.1, 0.15) is 16.4 Å². The van der Waals surface area contributed by atoms with Crippen LogP contribution in [-0.2, 0) is 28.6 Å². The van der Waals surface area contributed by atoms with Gasteiger partial charge < -0.3 is 9.29 Å². The van der Waals surface area contributed by atoms with E-state index in [2.05, 4.69) is 11.6 Å². The maximum Gasteiger partial charge on any atom is 0.261 e. The molecule has 1 aromatic heterocycles. The predicted octanol–water partition coefficient (Wildman–Crippen LogP) is 3.25. The summed E-state index contributed by atoms with van der Waals surface area (Å²) < 4.78 is 36.5. The summed E-state index contributed by atoms with van der Waals surface area (Å²) >= 11 is -1.35. The van der Waals surface area contributed by atoms with Gasteiger partial charge in [-0.3, -0.25) is 9.36 Å². The number of hydrogen-bond donors (Lipinski definition) is 1. The van der Waals surface area contributed by atoms with E-state index in [1.165, 1.54) is 16.7 Å². The van der Waals surface area contributed by atoms with Crippen molar-refractivity contribution in [1.29, 1.82) is 0 Å². The van der Waals surface area contributed by atoms with Crippen molar-refractivity contribution >= 4 is 22.3 Å². The van der Waals surface area contributed by atoms with Gasteiger partial charge >= 0.3 is 0 Å². The number of nitrogens with one attached hydrogen (secondary N) is 1. The summed E-state index contributed by atoms with van der Waals surface area (Å²) in [5.74, 6) is 0.168. The van der Waals surface area contributed by atoms with Gasteiger partial charge in [-0.1, -0.05) is 6.92 Å². The maximum atomic E-state index is 14.4. The molecule has 0 bridgehead atoms. The highest BCUT2D eigenvalue weighted by atomic mass is 32.2. The molecule has 1 aromatic carbocycles. The molecule has 1 aliphatic heterocycles. The summed E-state index contributed by atoms with van der Waals surface area (Å²) in [5.41, 5.74) is 0.426. The molecule has 2 aromatic rings. The van der Waals surface area contributed by atoms with Crippen molar-refractivity contribution in [3.05, 3.63) is 39.7 Å². The zero-order chi connectivity index (χ0) is 21.6. The molecule has 29 heavy (non-hydrogen) atoms. The Kier molecular flexibility index (Phi) is 6.11. The van der Waals surface area contributed by atoms with Crippen molar-refractivity contribution in [2.24, 2.45) is 7.05 Å². The van der Waals surface area contributed by atoms with Crippen LogP contribution in [0.5, 0.6) is 0 Å². The summed E-state index contributed by atoms with van der Waals surface area (Å²) in [4.78, 5) is 18.0. The summed E-state index contributed by atoms with van der Waals surface area (Å²) in [6.45, 7) is 10.7. The summed E-state index contributed by atoms with van der Waals surface area (Å²) in [6, 6.07) is 2.17. The molecule has 1 unspecified atom stereocenters. The lowest BCUT2D eigenvalue weighted by Gasteiger charge is -2.34. The van der Waals surface area contributed by atoms with Crippen molar-refractivity contribution in [2.75, 3.05) is 13.2 Å². The molecule has 3 rings (SSSR count). The highest BCUT2D eigenvalue weighted by molar-refractivity contribution is 7.90. The Balaban J connectivity index is 2.17. The number of nitrogens with zero attached hydrogens (tertiary/aromatic N) is 2. The first kappa shape index (κ1) is 22.2. The molecule has 2 atom stereocenters. The largest absolute Gasteiger partial charge is 0.598 e. The van der Waals surface area contributed by atoms with Crippen LogP contribution in [0.15, 0.2) is 16.9 Å². The van der Waals surface area contributed by atoms with E-state index < -0.39 is 28.0 Å². The number of rotatable bonds is 4. The van der Waals surface area contributed by atoms with Gasteiger partial charge in [0.2, 0.25) is 0 Å². The van der Waals surface area contributed by atoms with Crippen LogP contribution in [0.4, 0.5) is 4.39 Å². The number of ether oxygens (including phenoxy) is 1. The highest BCUT2D eigenvalue weighted by Crippen LogP contribution is 2.34. The summed E-state index contributed by atoms with van der Waals surface area (Å²) in [5, 5.41) is 0.233. The van der Waals surface area contributed by atoms with Gasteiger partial charge in [-0.25, -0.2) is 9.37 Å². The third kappa shape index (κ3) is 4.35. The molecule has 1 aliphatic rings. The van der Waals surface area contributed by atoms with Gasteiger partial charge in [-0.2, -0.15) is 0 Å². The lowest BCUT2D eigenvalue weighted by molar-refractivity contribution is 0.0523. The van der Waals surface area contributed by atoms with Crippen molar-refractivity contribution in [2.45, 2.75) is 63.7 Å². The van der Waals surface area contributed by atoms with Gasteiger partial charge in [0.15, 0.2) is 0 Å². The number of halogens is 1. The standard InChI is InChI=1S/C21H30FN3O3S/c1-13(24-29(27)20(2,3)4)15-11-14(22)12-16-17(15)23-19(25(6)18(16)26)21(5)7-9-28-10-8-21/h11-13,24H,7-10H2,1-6H3/t13-,29?/m1/s1. The van der Waals surface area contributed by atoms with E-state index in [0.717, 1.165) is 12.8 Å². The van der Waals surface area contributed by atoms with Crippen LogP contribution in [0.3, 0.4) is 0 Å². The Morgan fingerprint density at radius 3 is 2.55 bits per heavy atom.